The Morgan fingerprint density at radius 2 is 1.90 bits per heavy atom. The normalized spacial score (nSPS) is 10.5. The number of aromatic amines is 2. The van der Waals surface area contributed by atoms with E-state index in [1.54, 1.807) is 24.3 Å². The number of rotatable bonds is 3. The van der Waals surface area contributed by atoms with E-state index in [0.29, 0.717) is 11.4 Å². The molecule has 2 heterocycles. The molecule has 0 spiro atoms. The van der Waals surface area contributed by atoms with Crippen LogP contribution in [0, 0.1) is 0 Å². The fourth-order valence-corrected chi connectivity index (χ4v) is 2.08. The van der Waals surface area contributed by atoms with Crippen molar-refractivity contribution in [2.24, 2.45) is 0 Å². The summed E-state index contributed by atoms with van der Waals surface area (Å²) in [5.74, 6) is -0.350. The maximum absolute atomic E-state index is 11.9. The van der Waals surface area contributed by atoms with Gasteiger partial charge >= 0.3 is 0 Å². The number of carbonyl (C=O) groups excluding carboxylic acids is 1. The second kappa shape index (κ2) is 5.34. The van der Waals surface area contributed by atoms with Crippen molar-refractivity contribution >= 4 is 23.2 Å². The number of aromatic nitrogens is 2. The van der Waals surface area contributed by atoms with Gasteiger partial charge in [-0.2, -0.15) is 0 Å². The molecule has 0 aliphatic carbocycles. The van der Waals surface area contributed by atoms with Gasteiger partial charge in [0.1, 0.15) is 0 Å². The molecule has 3 N–H and O–H groups in total. The molecule has 0 fully saturated rings. The fourth-order valence-electron chi connectivity index (χ4n) is 1.87. The second-order valence-corrected chi connectivity index (χ2v) is 4.66. The Bertz CT molecular complexity index is 830. The second-order valence-electron chi connectivity index (χ2n) is 4.31. The molecule has 3 aromatic rings. The first kappa shape index (κ1) is 13.3. The number of H-pyrrole nitrogens is 2. The van der Waals surface area contributed by atoms with Crippen molar-refractivity contribution in [3.05, 3.63) is 63.8 Å². The van der Waals surface area contributed by atoms with Crippen LogP contribution in [0.3, 0.4) is 0 Å². The molecule has 21 heavy (non-hydrogen) atoms. The molecule has 0 radical (unpaired) electrons. The number of hydrogen-bond acceptors (Lipinski definition) is 3. The quantitative estimate of drug-likeness (QED) is 0.695. The molecule has 6 nitrogen and oxygen atoms in total. The summed E-state index contributed by atoms with van der Waals surface area (Å²) in [6.07, 6.45) is 1.35. The molecule has 1 aromatic carbocycles. The fraction of sp³-hybridized carbons (Fsp3) is 0. The molecule has 0 bridgehead atoms. The number of anilines is 1. The molecule has 106 valence electrons. The van der Waals surface area contributed by atoms with Gasteiger partial charge in [0.05, 0.1) is 17.5 Å². The van der Waals surface area contributed by atoms with Crippen LogP contribution in [0.4, 0.5) is 5.69 Å². The third-order valence-corrected chi connectivity index (χ3v) is 3.20. The number of amides is 1. The van der Waals surface area contributed by atoms with Crippen molar-refractivity contribution in [3.63, 3.8) is 0 Å². The predicted molar refractivity (Wildman–Crippen MR) is 78.5 cm³/mol. The smallest absolute Gasteiger partial charge is 0.264 e. The van der Waals surface area contributed by atoms with Crippen LogP contribution in [0.5, 0.6) is 0 Å². The highest BCUT2D eigenvalue weighted by Crippen LogP contribution is 2.21. The Morgan fingerprint density at radius 1 is 1.14 bits per heavy atom. The van der Waals surface area contributed by atoms with E-state index in [1.165, 1.54) is 18.4 Å². The van der Waals surface area contributed by atoms with Crippen molar-refractivity contribution in [3.8, 4) is 11.3 Å². The standard InChI is InChI=1S/C14H10ClN3O3/c15-13-10(5-6-21-13)14(20)16-9-3-1-8(2-4-9)11-7-12(19)18-17-11/h1-7H,(H,16,20)(H2,17,18,19). The Balaban J connectivity index is 1.77. The van der Waals surface area contributed by atoms with E-state index in [9.17, 15) is 9.59 Å². The average molecular weight is 304 g/mol. The average Bonchev–Trinajstić information content (AvgIpc) is 3.08. The van der Waals surface area contributed by atoms with Gasteiger partial charge in [0.15, 0.2) is 0 Å². The number of furan rings is 1. The molecule has 0 atom stereocenters. The zero-order valence-corrected chi connectivity index (χ0v) is 11.4. The Morgan fingerprint density at radius 3 is 2.48 bits per heavy atom. The van der Waals surface area contributed by atoms with Crippen molar-refractivity contribution in [1.29, 1.82) is 0 Å². The minimum atomic E-state index is -0.350. The van der Waals surface area contributed by atoms with Crippen LogP contribution in [0.1, 0.15) is 10.4 Å². The zero-order chi connectivity index (χ0) is 14.8. The molecule has 0 saturated carbocycles. The Labute approximate surface area is 123 Å². The molecule has 2 aromatic heterocycles. The molecule has 3 rings (SSSR count). The Kier molecular flexibility index (Phi) is 3.37. The first-order valence-electron chi connectivity index (χ1n) is 6.06. The van der Waals surface area contributed by atoms with E-state index in [4.69, 9.17) is 16.0 Å². The van der Waals surface area contributed by atoms with Gasteiger partial charge in [0, 0.05) is 11.8 Å². The van der Waals surface area contributed by atoms with Gasteiger partial charge in [0.25, 0.3) is 11.5 Å². The maximum atomic E-state index is 11.9. The first-order valence-corrected chi connectivity index (χ1v) is 6.44. The van der Waals surface area contributed by atoms with Crippen LogP contribution in [-0.2, 0) is 0 Å². The number of nitrogens with one attached hydrogen (secondary N) is 3. The first-order chi connectivity index (χ1) is 10.1. The van der Waals surface area contributed by atoms with Crippen LogP contribution in [-0.4, -0.2) is 16.1 Å². The van der Waals surface area contributed by atoms with Crippen LogP contribution in [0.2, 0.25) is 5.22 Å². The van der Waals surface area contributed by atoms with E-state index < -0.39 is 0 Å². The lowest BCUT2D eigenvalue weighted by Gasteiger charge is -2.05. The zero-order valence-electron chi connectivity index (χ0n) is 10.6. The minimum Gasteiger partial charge on any atom is -0.452 e. The third-order valence-electron chi connectivity index (χ3n) is 2.91. The van der Waals surface area contributed by atoms with E-state index >= 15 is 0 Å². The van der Waals surface area contributed by atoms with Gasteiger partial charge in [-0.05, 0) is 35.4 Å². The van der Waals surface area contributed by atoms with Gasteiger partial charge in [-0.25, -0.2) is 0 Å². The molecule has 7 heteroatoms. The summed E-state index contributed by atoms with van der Waals surface area (Å²) in [7, 11) is 0. The lowest BCUT2D eigenvalue weighted by molar-refractivity contribution is 0.102. The van der Waals surface area contributed by atoms with Crippen LogP contribution >= 0.6 is 11.6 Å². The highest BCUT2D eigenvalue weighted by atomic mass is 35.5. The van der Waals surface area contributed by atoms with E-state index in [1.807, 2.05) is 0 Å². The summed E-state index contributed by atoms with van der Waals surface area (Å²) in [5.41, 5.74) is 2.19. The van der Waals surface area contributed by atoms with E-state index in [2.05, 4.69) is 15.5 Å². The lowest BCUT2D eigenvalue weighted by Crippen LogP contribution is -2.11. The maximum Gasteiger partial charge on any atom is 0.264 e. The molecule has 0 unspecified atom stereocenters. The van der Waals surface area contributed by atoms with Crippen LogP contribution in [0.25, 0.3) is 11.3 Å². The predicted octanol–water partition coefficient (Wildman–Crippen LogP) is 2.87. The highest BCUT2D eigenvalue weighted by molar-refractivity contribution is 6.32. The van der Waals surface area contributed by atoms with Gasteiger partial charge in [-0.15, -0.1) is 0 Å². The van der Waals surface area contributed by atoms with Gasteiger partial charge in [-0.3, -0.25) is 19.8 Å². The van der Waals surface area contributed by atoms with Gasteiger partial charge in [0.2, 0.25) is 5.22 Å². The summed E-state index contributed by atoms with van der Waals surface area (Å²) >= 11 is 5.74. The van der Waals surface area contributed by atoms with Crippen molar-refractivity contribution in [2.75, 3.05) is 5.32 Å². The van der Waals surface area contributed by atoms with Gasteiger partial charge in [-0.1, -0.05) is 12.1 Å². The Hall–Kier alpha value is -2.73. The van der Waals surface area contributed by atoms with Crippen molar-refractivity contribution in [2.45, 2.75) is 0 Å². The summed E-state index contributed by atoms with van der Waals surface area (Å²) in [6, 6.07) is 9.98. The molecule has 0 saturated heterocycles. The summed E-state index contributed by atoms with van der Waals surface area (Å²) in [5, 5.41) is 7.98. The van der Waals surface area contributed by atoms with Crippen LogP contribution in [0.15, 0.2) is 51.9 Å². The molecule has 0 aliphatic heterocycles. The largest absolute Gasteiger partial charge is 0.452 e. The number of hydrogen-bond donors (Lipinski definition) is 3. The minimum absolute atomic E-state index is 0.0500. The SMILES string of the molecule is O=C(Nc1ccc(-c2cc(=O)[nH][nH]2)cc1)c1ccoc1Cl. The van der Waals surface area contributed by atoms with Crippen molar-refractivity contribution in [1.82, 2.24) is 10.2 Å². The molecular weight excluding hydrogens is 294 g/mol. The highest BCUT2D eigenvalue weighted by Gasteiger charge is 2.13. The summed E-state index contributed by atoms with van der Waals surface area (Å²) < 4.78 is 4.87. The van der Waals surface area contributed by atoms with Crippen molar-refractivity contribution < 1.29 is 9.21 Å². The number of carbonyl (C=O) groups is 1. The van der Waals surface area contributed by atoms with E-state index in [-0.39, 0.29) is 22.2 Å². The van der Waals surface area contributed by atoms with E-state index in [0.717, 1.165) is 5.56 Å². The summed E-state index contributed by atoms with van der Waals surface area (Å²) in [4.78, 5) is 23.0. The van der Waals surface area contributed by atoms with Crippen LogP contribution < -0.4 is 10.9 Å². The topological polar surface area (TPSA) is 90.9 Å². The lowest BCUT2D eigenvalue weighted by atomic mass is 10.1. The number of benzene rings is 1. The molecular formula is C14H10ClN3O3. The summed E-state index contributed by atoms with van der Waals surface area (Å²) in [6.45, 7) is 0. The third kappa shape index (κ3) is 2.75. The monoisotopic (exact) mass is 303 g/mol. The van der Waals surface area contributed by atoms with Gasteiger partial charge < -0.3 is 9.73 Å². The molecule has 0 aliphatic rings. The number of halogens is 1. The molecule has 1 amide bonds.